The molecule has 1 aromatic carbocycles. The molecule has 2 saturated heterocycles. The molecule has 2 amide bonds. The van der Waals surface area contributed by atoms with Crippen molar-refractivity contribution in [3.05, 3.63) is 29.6 Å². The van der Waals surface area contributed by atoms with Crippen LogP contribution in [0.25, 0.3) is 0 Å². The molecule has 3 rings (SSSR count). The Morgan fingerprint density at radius 2 is 2.21 bits per heavy atom. The van der Waals surface area contributed by atoms with Crippen molar-refractivity contribution in [1.82, 2.24) is 10.2 Å². The van der Waals surface area contributed by atoms with Crippen molar-refractivity contribution in [1.29, 1.82) is 0 Å². The zero-order valence-electron chi connectivity index (χ0n) is 10.5. The van der Waals surface area contributed by atoms with Crippen molar-refractivity contribution in [2.24, 2.45) is 0 Å². The first-order chi connectivity index (χ1) is 9.17. The van der Waals surface area contributed by atoms with E-state index in [-0.39, 0.29) is 24.5 Å². The Kier molecular flexibility index (Phi) is 3.02. The average molecular weight is 265 g/mol. The van der Waals surface area contributed by atoms with Gasteiger partial charge in [0.05, 0.1) is 12.6 Å². The van der Waals surface area contributed by atoms with Crippen LogP contribution in [-0.2, 0) is 6.61 Å². The highest BCUT2D eigenvalue weighted by Crippen LogP contribution is 2.23. The average Bonchev–Trinajstić information content (AvgIpc) is 2.79. The summed E-state index contributed by atoms with van der Waals surface area (Å²) in [6.07, 6.45) is 0. The van der Waals surface area contributed by atoms with Gasteiger partial charge in [0.25, 0.3) is 0 Å². The van der Waals surface area contributed by atoms with Gasteiger partial charge in [-0.1, -0.05) is 0 Å². The van der Waals surface area contributed by atoms with Gasteiger partial charge in [0.2, 0.25) is 0 Å². The second kappa shape index (κ2) is 4.70. The maximum atomic E-state index is 13.5. The molecule has 0 bridgehead atoms. The first-order valence-electron chi connectivity index (χ1n) is 6.37. The van der Waals surface area contributed by atoms with Crippen LogP contribution in [0.2, 0.25) is 0 Å². The second-order valence-corrected chi connectivity index (χ2v) is 4.96. The molecule has 2 heterocycles. The van der Waals surface area contributed by atoms with Gasteiger partial charge >= 0.3 is 6.03 Å². The quantitative estimate of drug-likeness (QED) is 0.820. The summed E-state index contributed by atoms with van der Waals surface area (Å²) in [5.41, 5.74) is 1.33. The van der Waals surface area contributed by atoms with E-state index in [2.05, 4.69) is 10.2 Å². The molecule has 0 radical (unpaired) electrons. The summed E-state index contributed by atoms with van der Waals surface area (Å²) < 4.78 is 13.5. The monoisotopic (exact) mass is 265 g/mol. The Morgan fingerprint density at radius 1 is 1.37 bits per heavy atom. The lowest BCUT2D eigenvalue weighted by Gasteiger charge is -2.37. The zero-order chi connectivity index (χ0) is 13.4. The fraction of sp³-hybridized carbons (Fsp3) is 0.462. The third-order valence-electron chi connectivity index (χ3n) is 3.72. The van der Waals surface area contributed by atoms with Gasteiger partial charge in [-0.25, -0.2) is 9.18 Å². The molecule has 1 aromatic rings. The van der Waals surface area contributed by atoms with Gasteiger partial charge in [-0.15, -0.1) is 0 Å². The van der Waals surface area contributed by atoms with E-state index in [1.165, 1.54) is 12.1 Å². The van der Waals surface area contributed by atoms with E-state index in [0.717, 1.165) is 5.69 Å². The third kappa shape index (κ3) is 2.23. The number of fused-ring (bicyclic) bond motifs is 1. The van der Waals surface area contributed by atoms with E-state index < -0.39 is 0 Å². The number of aliphatic hydroxyl groups is 1. The zero-order valence-corrected chi connectivity index (χ0v) is 10.5. The number of piperazine rings is 1. The Labute approximate surface area is 110 Å². The molecule has 0 aromatic heterocycles. The summed E-state index contributed by atoms with van der Waals surface area (Å²) in [7, 11) is 0. The summed E-state index contributed by atoms with van der Waals surface area (Å²) in [5, 5.41) is 11.9. The molecule has 1 unspecified atom stereocenters. The van der Waals surface area contributed by atoms with Crippen molar-refractivity contribution >= 4 is 11.7 Å². The van der Waals surface area contributed by atoms with Gasteiger partial charge in [0.15, 0.2) is 0 Å². The predicted molar refractivity (Wildman–Crippen MR) is 68.4 cm³/mol. The third-order valence-corrected chi connectivity index (χ3v) is 3.72. The highest BCUT2D eigenvalue weighted by atomic mass is 19.1. The molecular formula is C13H16FN3O2. The summed E-state index contributed by atoms with van der Waals surface area (Å²) in [5.74, 6) is -0.343. The van der Waals surface area contributed by atoms with Crippen LogP contribution in [0.15, 0.2) is 18.2 Å². The summed E-state index contributed by atoms with van der Waals surface area (Å²) in [4.78, 5) is 15.4. The smallest absolute Gasteiger partial charge is 0.317 e. The number of hydrogen-bond donors (Lipinski definition) is 2. The van der Waals surface area contributed by atoms with Crippen LogP contribution in [0.3, 0.4) is 0 Å². The van der Waals surface area contributed by atoms with E-state index in [4.69, 9.17) is 5.11 Å². The van der Waals surface area contributed by atoms with Crippen LogP contribution >= 0.6 is 0 Å². The van der Waals surface area contributed by atoms with Crippen molar-refractivity contribution in [2.45, 2.75) is 12.6 Å². The molecule has 0 spiro atoms. The van der Waals surface area contributed by atoms with Crippen LogP contribution in [-0.4, -0.2) is 48.3 Å². The van der Waals surface area contributed by atoms with E-state index in [1.807, 2.05) is 4.90 Å². The lowest BCUT2D eigenvalue weighted by Crippen LogP contribution is -2.52. The number of nitrogens with zero attached hydrogens (tertiary/aromatic N) is 2. The number of benzene rings is 1. The molecule has 6 heteroatoms. The normalized spacial score (nSPS) is 22.4. The summed E-state index contributed by atoms with van der Waals surface area (Å²) in [6, 6.07) is 4.73. The standard InChI is InChI=1S/C13H16FN3O2/c14-10-3-9(8-18)4-11(5-10)16-1-2-17-12(7-16)6-15-13(17)19/h3-5,12,18H,1-2,6-8H2,(H,15,19). The maximum absolute atomic E-state index is 13.5. The molecule has 5 nitrogen and oxygen atoms in total. The first-order valence-corrected chi connectivity index (χ1v) is 6.37. The van der Waals surface area contributed by atoms with E-state index in [9.17, 15) is 9.18 Å². The first kappa shape index (κ1) is 12.2. The van der Waals surface area contributed by atoms with Gasteiger partial charge < -0.3 is 20.2 Å². The lowest BCUT2D eigenvalue weighted by atomic mass is 10.1. The van der Waals surface area contributed by atoms with Crippen molar-refractivity contribution < 1.29 is 14.3 Å². The fourth-order valence-electron chi connectivity index (χ4n) is 2.75. The van der Waals surface area contributed by atoms with Gasteiger partial charge in [0.1, 0.15) is 5.82 Å². The largest absolute Gasteiger partial charge is 0.392 e. The number of halogens is 1. The van der Waals surface area contributed by atoms with E-state index in [0.29, 0.717) is 31.7 Å². The number of carbonyl (C=O) groups excluding carboxylic acids is 1. The molecule has 0 saturated carbocycles. The molecule has 2 aliphatic heterocycles. The fourth-order valence-corrected chi connectivity index (χ4v) is 2.75. The highest BCUT2D eigenvalue weighted by molar-refractivity contribution is 5.77. The number of anilines is 1. The second-order valence-electron chi connectivity index (χ2n) is 4.96. The maximum Gasteiger partial charge on any atom is 0.317 e. The molecule has 102 valence electrons. The molecule has 2 aliphatic rings. The number of rotatable bonds is 2. The van der Waals surface area contributed by atoms with Crippen LogP contribution < -0.4 is 10.2 Å². The molecule has 2 N–H and O–H groups in total. The van der Waals surface area contributed by atoms with Gasteiger partial charge in [0, 0.05) is 31.9 Å². The minimum absolute atomic E-state index is 0.0139. The number of urea groups is 1. The Hall–Kier alpha value is -1.82. The Balaban J connectivity index is 1.80. The van der Waals surface area contributed by atoms with Crippen LogP contribution in [0.4, 0.5) is 14.9 Å². The predicted octanol–water partition coefficient (Wildman–Crippen LogP) is 0.532. The Bertz CT molecular complexity index is 509. The molecular weight excluding hydrogens is 249 g/mol. The van der Waals surface area contributed by atoms with Crippen molar-refractivity contribution in [3.63, 3.8) is 0 Å². The van der Waals surface area contributed by atoms with Crippen molar-refractivity contribution in [3.8, 4) is 0 Å². The van der Waals surface area contributed by atoms with Gasteiger partial charge in [-0.2, -0.15) is 0 Å². The lowest BCUT2D eigenvalue weighted by molar-refractivity contribution is 0.197. The summed E-state index contributed by atoms with van der Waals surface area (Å²) in [6.45, 7) is 2.47. The minimum atomic E-state index is -0.343. The number of hydrogen-bond acceptors (Lipinski definition) is 3. The SMILES string of the molecule is O=C1NCC2CN(c3cc(F)cc(CO)c3)CCN12. The molecule has 0 aliphatic carbocycles. The summed E-state index contributed by atoms with van der Waals surface area (Å²) >= 11 is 0. The van der Waals surface area contributed by atoms with E-state index >= 15 is 0 Å². The van der Waals surface area contributed by atoms with E-state index in [1.54, 1.807) is 6.07 Å². The van der Waals surface area contributed by atoms with Crippen LogP contribution in [0, 0.1) is 5.82 Å². The number of nitrogens with one attached hydrogen (secondary N) is 1. The molecule has 1 atom stereocenters. The Morgan fingerprint density at radius 3 is 3.00 bits per heavy atom. The van der Waals surface area contributed by atoms with Gasteiger partial charge in [-0.05, 0) is 23.8 Å². The minimum Gasteiger partial charge on any atom is -0.392 e. The van der Waals surface area contributed by atoms with Gasteiger partial charge in [-0.3, -0.25) is 0 Å². The van der Waals surface area contributed by atoms with Crippen LogP contribution in [0.5, 0.6) is 0 Å². The molecule has 2 fully saturated rings. The number of aliphatic hydroxyl groups excluding tert-OH is 1. The molecule has 19 heavy (non-hydrogen) atoms. The topological polar surface area (TPSA) is 55.8 Å². The number of amides is 2. The number of carbonyl (C=O) groups is 1. The van der Waals surface area contributed by atoms with Crippen LogP contribution in [0.1, 0.15) is 5.56 Å². The highest BCUT2D eigenvalue weighted by Gasteiger charge is 2.35. The van der Waals surface area contributed by atoms with Crippen molar-refractivity contribution in [2.75, 3.05) is 31.1 Å².